The molecule has 1 heterocycles. The molecule has 4 N–H and O–H groups in total. The van der Waals surface area contributed by atoms with Gasteiger partial charge in [-0.2, -0.15) is 13.2 Å². The second-order valence-corrected chi connectivity index (χ2v) is 10.7. The maximum absolute atomic E-state index is 11.1. The second kappa shape index (κ2) is 12.9. The van der Waals surface area contributed by atoms with Crippen molar-refractivity contribution >= 4 is 27.0 Å². The van der Waals surface area contributed by atoms with Crippen LogP contribution in [0.5, 0.6) is 0 Å². The number of imidazole rings is 1. The third-order valence-electron chi connectivity index (χ3n) is 5.60. The zero-order valence-corrected chi connectivity index (χ0v) is 22.2. The Bertz CT molecular complexity index is 1520. The molecular formula is C27H29F3N4O4S. The number of para-hydroxylation sites is 1. The van der Waals surface area contributed by atoms with Crippen molar-refractivity contribution in [2.24, 2.45) is 0 Å². The van der Waals surface area contributed by atoms with E-state index in [1.54, 1.807) is 0 Å². The number of H-pyrrole nitrogens is 1. The first-order chi connectivity index (χ1) is 18.3. The number of rotatable bonds is 9. The maximum atomic E-state index is 11.1. The molecule has 0 aliphatic rings. The standard InChI is InChI=1S/C25H28N4O2S.C2HF3O2/c1-18-6-3-9-23-24(18)29-25(28-23)21-12-10-20(11-13-21)22-8-4-7-19(16-22)17-26-14-5-15-27-32(2,30)31;3-2(4,5)1(6)7/h3-4,6-13,16,26-27H,5,14-15,17H2,1-2H3,(H,28,29);(H,6,7). The first-order valence-corrected chi connectivity index (χ1v) is 13.8. The number of hydrogen-bond donors (Lipinski definition) is 4. The number of carboxylic acids is 1. The Labute approximate surface area is 224 Å². The van der Waals surface area contributed by atoms with Crippen molar-refractivity contribution in [3.05, 3.63) is 77.9 Å². The fourth-order valence-corrected chi connectivity index (χ4v) is 4.21. The highest BCUT2D eigenvalue weighted by Crippen LogP contribution is 2.26. The molecule has 39 heavy (non-hydrogen) atoms. The lowest BCUT2D eigenvalue weighted by Gasteiger charge is -2.08. The highest BCUT2D eigenvalue weighted by molar-refractivity contribution is 7.88. The number of aromatic nitrogens is 2. The maximum Gasteiger partial charge on any atom is 0.490 e. The number of carboxylic acid groups (broad SMARTS) is 1. The zero-order valence-electron chi connectivity index (χ0n) is 21.3. The van der Waals surface area contributed by atoms with Gasteiger partial charge in [-0.15, -0.1) is 0 Å². The van der Waals surface area contributed by atoms with E-state index in [1.165, 1.54) is 17.4 Å². The van der Waals surface area contributed by atoms with Gasteiger partial charge in [-0.25, -0.2) is 22.9 Å². The number of carbonyl (C=O) groups is 1. The third kappa shape index (κ3) is 9.20. The van der Waals surface area contributed by atoms with Gasteiger partial charge in [0, 0.05) is 18.7 Å². The fourth-order valence-electron chi connectivity index (χ4n) is 3.70. The smallest absolute Gasteiger partial charge is 0.475 e. The van der Waals surface area contributed by atoms with Gasteiger partial charge in [0.05, 0.1) is 17.3 Å². The van der Waals surface area contributed by atoms with Crippen molar-refractivity contribution in [3.63, 3.8) is 0 Å². The minimum Gasteiger partial charge on any atom is -0.475 e. The van der Waals surface area contributed by atoms with Gasteiger partial charge >= 0.3 is 12.1 Å². The van der Waals surface area contributed by atoms with Crippen molar-refractivity contribution in [3.8, 4) is 22.5 Å². The summed E-state index contributed by atoms with van der Waals surface area (Å²) in [4.78, 5) is 17.1. The lowest BCUT2D eigenvalue weighted by molar-refractivity contribution is -0.192. The normalized spacial score (nSPS) is 11.7. The SMILES string of the molecule is Cc1cccc2[nH]c(-c3ccc(-c4cccc(CNCCCNS(C)(=O)=O)c4)cc3)nc12.O=C(O)C(F)(F)F. The molecule has 0 atom stereocenters. The van der Waals surface area contributed by atoms with Crippen LogP contribution in [-0.2, 0) is 21.4 Å². The number of fused-ring (bicyclic) bond motifs is 1. The fraction of sp³-hybridized carbons (Fsp3) is 0.259. The van der Waals surface area contributed by atoms with Crippen LogP contribution < -0.4 is 10.0 Å². The minimum atomic E-state index is -5.08. The molecule has 8 nitrogen and oxygen atoms in total. The van der Waals surface area contributed by atoms with E-state index in [0.29, 0.717) is 6.54 Å². The molecule has 0 radical (unpaired) electrons. The molecule has 0 bridgehead atoms. The van der Waals surface area contributed by atoms with E-state index < -0.39 is 22.2 Å². The highest BCUT2D eigenvalue weighted by atomic mass is 32.2. The van der Waals surface area contributed by atoms with E-state index in [4.69, 9.17) is 14.9 Å². The summed E-state index contributed by atoms with van der Waals surface area (Å²) in [5.74, 6) is -1.88. The third-order valence-corrected chi connectivity index (χ3v) is 6.33. The number of aryl methyl sites for hydroxylation is 1. The molecule has 3 aromatic carbocycles. The van der Waals surface area contributed by atoms with Crippen molar-refractivity contribution in [1.82, 2.24) is 20.0 Å². The van der Waals surface area contributed by atoms with Crippen molar-refractivity contribution < 1.29 is 31.5 Å². The quantitative estimate of drug-likeness (QED) is 0.216. The molecule has 0 saturated heterocycles. The number of aliphatic carboxylic acids is 1. The van der Waals surface area contributed by atoms with Crippen LogP contribution in [0.25, 0.3) is 33.5 Å². The molecule has 208 valence electrons. The Morgan fingerprint density at radius 2 is 1.62 bits per heavy atom. The molecule has 0 spiro atoms. The minimum absolute atomic E-state index is 0.447. The Morgan fingerprint density at radius 1 is 0.974 bits per heavy atom. The monoisotopic (exact) mass is 562 g/mol. The zero-order chi connectivity index (χ0) is 28.6. The molecular weight excluding hydrogens is 533 g/mol. The number of aromatic amines is 1. The summed E-state index contributed by atoms with van der Waals surface area (Å²) in [6, 6.07) is 23.1. The first kappa shape index (κ1) is 29.8. The second-order valence-electron chi connectivity index (χ2n) is 8.83. The predicted octanol–water partition coefficient (Wildman–Crippen LogP) is 4.87. The summed E-state index contributed by atoms with van der Waals surface area (Å²) in [5, 5.41) is 10.5. The Hall–Kier alpha value is -3.74. The van der Waals surface area contributed by atoms with Gasteiger partial charge in [-0.1, -0.05) is 54.6 Å². The molecule has 0 aliphatic carbocycles. The highest BCUT2D eigenvalue weighted by Gasteiger charge is 2.38. The molecule has 12 heteroatoms. The van der Waals surface area contributed by atoms with E-state index in [2.05, 4.69) is 82.6 Å². The molecule has 4 rings (SSSR count). The van der Waals surface area contributed by atoms with Crippen molar-refractivity contribution in [2.45, 2.75) is 26.1 Å². The number of hydrogen-bond acceptors (Lipinski definition) is 5. The van der Waals surface area contributed by atoms with Crippen LogP contribution in [0.2, 0.25) is 0 Å². The van der Waals surface area contributed by atoms with Gasteiger partial charge in [0.25, 0.3) is 0 Å². The van der Waals surface area contributed by atoms with Crippen LogP contribution in [0.4, 0.5) is 13.2 Å². The van der Waals surface area contributed by atoms with Gasteiger partial charge in [0.15, 0.2) is 0 Å². The predicted molar refractivity (Wildman–Crippen MR) is 145 cm³/mol. The van der Waals surface area contributed by atoms with E-state index in [9.17, 15) is 21.6 Å². The van der Waals surface area contributed by atoms with Crippen LogP contribution >= 0.6 is 0 Å². The van der Waals surface area contributed by atoms with Gasteiger partial charge in [0.1, 0.15) is 5.82 Å². The summed E-state index contributed by atoms with van der Waals surface area (Å²) in [6.07, 6.45) is -3.16. The average Bonchev–Trinajstić information content (AvgIpc) is 3.31. The van der Waals surface area contributed by atoms with Gasteiger partial charge in [0.2, 0.25) is 10.0 Å². The van der Waals surface area contributed by atoms with Crippen LogP contribution in [0.3, 0.4) is 0 Å². The molecule has 0 fully saturated rings. The summed E-state index contributed by atoms with van der Waals surface area (Å²) >= 11 is 0. The number of alkyl halides is 3. The number of nitrogens with one attached hydrogen (secondary N) is 3. The van der Waals surface area contributed by atoms with E-state index in [1.807, 2.05) is 6.07 Å². The number of halogens is 3. The molecule has 0 saturated carbocycles. The van der Waals surface area contributed by atoms with Crippen molar-refractivity contribution in [2.75, 3.05) is 19.3 Å². The van der Waals surface area contributed by atoms with Crippen molar-refractivity contribution in [1.29, 1.82) is 0 Å². The lowest BCUT2D eigenvalue weighted by atomic mass is 10.0. The van der Waals surface area contributed by atoms with E-state index in [-0.39, 0.29) is 0 Å². The first-order valence-electron chi connectivity index (χ1n) is 11.9. The number of sulfonamides is 1. The molecule has 0 aliphatic heterocycles. The molecule has 0 amide bonds. The van der Waals surface area contributed by atoms with Crippen LogP contribution in [0.15, 0.2) is 66.7 Å². The Kier molecular flexibility index (Phi) is 9.84. The van der Waals surface area contributed by atoms with Crippen LogP contribution in [-0.4, -0.2) is 55.0 Å². The summed E-state index contributed by atoms with van der Waals surface area (Å²) in [5.41, 5.74) is 7.80. The summed E-state index contributed by atoms with van der Waals surface area (Å²) < 4.78 is 56.4. The van der Waals surface area contributed by atoms with Gasteiger partial charge in [-0.05, 0) is 54.3 Å². The molecule has 0 unspecified atom stereocenters. The van der Waals surface area contributed by atoms with Gasteiger partial charge < -0.3 is 15.4 Å². The van der Waals surface area contributed by atoms with Gasteiger partial charge in [-0.3, -0.25) is 0 Å². The molecule has 1 aromatic heterocycles. The number of nitrogens with zero attached hydrogens (tertiary/aromatic N) is 1. The van der Waals surface area contributed by atoms with E-state index >= 15 is 0 Å². The Balaban J connectivity index is 0.000000532. The van der Waals surface area contributed by atoms with Crippen LogP contribution in [0.1, 0.15) is 17.5 Å². The lowest BCUT2D eigenvalue weighted by Crippen LogP contribution is -2.26. The topological polar surface area (TPSA) is 124 Å². The average molecular weight is 563 g/mol. The largest absolute Gasteiger partial charge is 0.490 e. The van der Waals surface area contributed by atoms with E-state index in [0.717, 1.165) is 53.1 Å². The Morgan fingerprint density at radius 3 is 2.23 bits per heavy atom. The molecule has 4 aromatic rings. The van der Waals surface area contributed by atoms with Crippen LogP contribution in [0, 0.1) is 6.92 Å². The summed E-state index contributed by atoms with van der Waals surface area (Å²) in [6.45, 7) is 4.01. The summed E-state index contributed by atoms with van der Waals surface area (Å²) in [7, 11) is -3.11. The number of benzene rings is 3.